The Morgan fingerprint density at radius 3 is 2.67 bits per heavy atom. The first kappa shape index (κ1) is 12.8. The first-order chi connectivity index (χ1) is 7.04. The number of nitrogens with one attached hydrogen (secondary N) is 1. The van der Waals surface area contributed by atoms with E-state index in [9.17, 15) is 0 Å². The lowest BCUT2D eigenvalue weighted by Gasteiger charge is -2.21. The summed E-state index contributed by atoms with van der Waals surface area (Å²) in [6, 6.07) is 5.89. The summed E-state index contributed by atoms with van der Waals surface area (Å²) in [4.78, 5) is 0. The molecular weight excluding hydrogens is 277 g/mol. The van der Waals surface area contributed by atoms with Crippen LogP contribution >= 0.6 is 27.5 Å². The van der Waals surface area contributed by atoms with Crippen molar-refractivity contribution in [2.75, 3.05) is 12.4 Å². The highest BCUT2D eigenvalue weighted by atomic mass is 79.9. The van der Waals surface area contributed by atoms with Crippen LogP contribution in [0.25, 0.3) is 0 Å². The molecule has 0 saturated carbocycles. The van der Waals surface area contributed by atoms with E-state index in [1.807, 2.05) is 25.1 Å². The van der Waals surface area contributed by atoms with Crippen LogP contribution in [-0.2, 0) is 4.74 Å². The molecule has 1 aromatic rings. The molecule has 2 nitrogen and oxygen atoms in total. The normalized spacial score (nSPS) is 14.7. The molecule has 0 aliphatic heterocycles. The molecule has 1 N–H and O–H groups in total. The Hall–Kier alpha value is -0.250. The van der Waals surface area contributed by atoms with Crippen molar-refractivity contribution in [3.63, 3.8) is 0 Å². The van der Waals surface area contributed by atoms with Crippen molar-refractivity contribution in [3.05, 3.63) is 27.7 Å². The monoisotopic (exact) mass is 291 g/mol. The van der Waals surface area contributed by atoms with E-state index < -0.39 is 0 Å². The molecule has 1 aromatic carbocycles. The molecule has 84 valence electrons. The van der Waals surface area contributed by atoms with Crippen molar-refractivity contribution in [1.29, 1.82) is 0 Å². The lowest BCUT2D eigenvalue weighted by molar-refractivity contribution is 0.106. The Morgan fingerprint density at radius 1 is 1.40 bits per heavy atom. The van der Waals surface area contributed by atoms with Crippen molar-refractivity contribution in [2.45, 2.75) is 26.0 Å². The van der Waals surface area contributed by atoms with Gasteiger partial charge in [0.1, 0.15) is 0 Å². The van der Waals surface area contributed by atoms with E-state index in [0.29, 0.717) is 0 Å². The Labute approximate surface area is 104 Å². The smallest absolute Gasteiger partial charge is 0.0741 e. The van der Waals surface area contributed by atoms with Crippen LogP contribution in [-0.4, -0.2) is 19.3 Å². The molecule has 0 aliphatic carbocycles. The van der Waals surface area contributed by atoms with Crippen LogP contribution in [0, 0.1) is 0 Å². The van der Waals surface area contributed by atoms with Gasteiger partial charge in [0.25, 0.3) is 0 Å². The predicted molar refractivity (Wildman–Crippen MR) is 68.7 cm³/mol. The second-order valence-corrected chi connectivity index (χ2v) is 4.79. The Balaban J connectivity index is 2.75. The van der Waals surface area contributed by atoms with Gasteiger partial charge in [0, 0.05) is 22.6 Å². The van der Waals surface area contributed by atoms with Crippen LogP contribution in [0.5, 0.6) is 0 Å². The number of rotatable bonds is 4. The first-order valence-corrected chi connectivity index (χ1v) is 5.96. The molecule has 0 heterocycles. The van der Waals surface area contributed by atoms with Gasteiger partial charge in [-0.15, -0.1) is 0 Å². The molecule has 0 aromatic heterocycles. The van der Waals surface area contributed by atoms with E-state index in [-0.39, 0.29) is 12.1 Å². The summed E-state index contributed by atoms with van der Waals surface area (Å²) in [5.74, 6) is 0. The average Bonchev–Trinajstić information content (AvgIpc) is 2.22. The minimum Gasteiger partial charge on any atom is -0.380 e. The van der Waals surface area contributed by atoms with Crippen LogP contribution in [0.1, 0.15) is 13.8 Å². The molecule has 0 bridgehead atoms. The van der Waals surface area contributed by atoms with Crippen molar-refractivity contribution in [3.8, 4) is 0 Å². The van der Waals surface area contributed by atoms with Crippen LogP contribution in [0.15, 0.2) is 22.7 Å². The maximum absolute atomic E-state index is 5.92. The minimum absolute atomic E-state index is 0.149. The van der Waals surface area contributed by atoms with Crippen LogP contribution in [0.2, 0.25) is 5.02 Å². The fraction of sp³-hybridized carbons (Fsp3) is 0.455. The van der Waals surface area contributed by atoms with Crippen LogP contribution in [0.3, 0.4) is 0 Å². The Bertz CT molecular complexity index is 332. The molecule has 2 atom stereocenters. The highest BCUT2D eigenvalue weighted by Gasteiger charge is 2.12. The van der Waals surface area contributed by atoms with Gasteiger partial charge in [0.05, 0.1) is 11.8 Å². The lowest BCUT2D eigenvalue weighted by Crippen LogP contribution is -2.29. The fourth-order valence-corrected chi connectivity index (χ4v) is 1.71. The lowest BCUT2D eigenvalue weighted by atomic mass is 10.2. The van der Waals surface area contributed by atoms with Crippen molar-refractivity contribution in [1.82, 2.24) is 0 Å². The summed E-state index contributed by atoms with van der Waals surface area (Å²) in [5, 5.41) is 4.07. The minimum atomic E-state index is 0.149. The van der Waals surface area contributed by atoms with E-state index in [4.69, 9.17) is 16.3 Å². The molecular formula is C11H15BrClNO. The molecule has 0 fully saturated rings. The van der Waals surface area contributed by atoms with Crippen molar-refractivity contribution >= 4 is 33.2 Å². The maximum Gasteiger partial charge on any atom is 0.0741 e. The largest absolute Gasteiger partial charge is 0.380 e. The maximum atomic E-state index is 5.92. The van der Waals surface area contributed by atoms with Gasteiger partial charge in [-0.25, -0.2) is 0 Å². The Morgan fingerprint density at radius 2 is 2.07 bits per heavy atom. The number of ether oxygens (including phenoxy) is 1. The van der Waals surface area contributed by atoms with Gasteiger partial charge in [-0.05, 0) is 48.0 Å². The Kier molecular flexibility index (Phi) is 4.90. The van der Waals surface area contributed by atoms with E-state index in [2.05, 4.69) is 28.2 Å². The molecule has 0 saturated heterocycles. The molecule has 0 spiro atoms. The van der Waals surface area contributed by atoms with Gasteiger partial charge in [-0.1, -0.05) is 11.6 Å². The third-order valence-electron chi connectivity index (χ3n) is 2.39. The number of anilines is 1. The summed E-state index contributed by atoms with van der Waals surface area (Å²) in [6.07, 6.45) is 0.149. The zero-order valence-electron chi connectivity index (χ0n) is 9.05. The van der Waals surface area contributed by atoms with Gasteiger partial charge in [0.2, 0.25) is 0 Å². The number of methoxy groups -OCH3 is 1. The van der Waals surface area contributed by atoms with Gasteiger partial charge in [-0.3, -0.25) is 0 Å². The third kappa shape index (κ3) is 3.67. The molecule has 2 unspecified atom stereocenters. The predicted octanol–water partition coefficient (Wildman–Crippen LogP) is 3.94. The summed E-state index contributed by atoms with van der Waals surface area (Å²) in [6.45, 7) is 4.09. The molecule has 0 aliphatic rings. The average molecular weight is 293 g/mol. The van der Waals surface area contributed by atoms with E-state index >= 15 is 0 Å². The zero-order valence-corrected chi connectivity index (χ0v) is 11.4. The molecule has 4 heteroatoms. The van der Waals surface area contributed by atoms with Crippen molar-refractivity contribution < 1.29 is 4.74 Å². The van der Waals surface area contributed by atoms with Gasteiger partial charge in [-0.2, -0.15) is 0 Å². The number of hydrogen-bond donors (Lipinski definition) is 1. The highest BCUT2D eigenvalue weighted by Crippen LogP contribution is 2.26. The topological polar surface area (TPSA) is 21.3 Å². The van der Waals surface area contributed by atoms with Crippen LogP contribution in [0.4, 0.5) is 5.69 Å². The molecule has 0 radical (unpaired) electrons. The number of halogens is 2. The quantitative estimate of drug-likeness (QED) is 0.907. The molecule has 1 rings (SSSR count). The second-order valence-electron chi connectivity index (χ2n) is 3.50. The van der Waals surface area contributed by atoms with Crippen LogP contribution < -0.4 is 5.32 Å². The van der Waals surface area contributed by atoms with Gasteiger partial charge >= 0.3 is 0 Å². The molecule has 15 heavy (non-hydrogen) atoms. The summed E-state index contributed by atoms with van der Waals surface area (Å²) in [7, 11) is 1.70. The first-order valence-electron chi connectivity index (χ1n) is 4.79. The highest BCUT2D eigenvalue weighted by molar-refractivity contribution is 9.10. The van der Waals surface area contributed by atoms with Crippen molar-refractivity contribution in [2.24, 2.45) is 0 Å². The van der Waals surface area contributed by atoms with Gasteiger partial charge in [0.15, 0.2) is 0 Å². The number of hydrogen-bond acceptors (Lipinski definition) is 2. The van der Waals surface area contributed by atoms with E-state index in [1.54, 1.807) is 7.11 Å². The summed E-state index contributed by atoms with van der Waals surface area (Å²) >= 11 is 9.39. The summed E-state index contributed by atoms with van der Waals surface area (Å²) < 4.78 is 6.25. The zero-order chi connectivity index (χ0) is 11.4. The van der Waals surface area contributed by atoms with E-state index in [1.165, 1.54) is 0 Å². The summed E-state index contributed by atoms with van der Waals surface area (Å²) in [5.41, 5.74) is 0.985. The van der Waals surface area contributed by atoms with Gasteiger partial charge < -0.3 is 10.1 Å². The van der Waals surface area contributed by atoms with E-state index in [0.717, 1.165) is 15.2 Å². The molecule has 0 amide bonds. The third-order valence-corrected chi connectivity index (χ3v) is 3.31. The second kappa shape index (κ2) is 5.73. The SMILES string of the molecule is COC(C)C(C)Nc1cc(Cl)ccc1Br. The number of benzene rings is 1. The fourth-order valence-electron chi connectivity index (χ4n) is 1.17. The standard InChI is InChI=1S/C11H15BrClNO/c1-7(8(2)15-3)14-11-6-9(13)4-5-10(11)12/h4-8,14H,1-3H3.